The first kappa shape index (κ1) is 14.0. The lowest BCUT2D eigenvalue weighted by atomic mass is 10.0. The molecule has 0 atom stereocenters. The van der Waals surface area contributed by atoms with Gasteiger partial charge < -0.3 is 0 Å². The molecule has 0 saturated carbocycles. The van der Waals surface area contributed by atoms with Gasteiger partial charge in [0.1, 0.15) is 0 Å². The minimum atomic E-state index is -3.30. The van der Waals surface area contributed by atoms with Gasteiger partial charge in [0.2, 0.25) is 10.0 Å². The molecule has 1 heterocycles. The molecular weight excluding hydrogens is 314 g/mol. The Morgan fingerprint density at radius 3 is 2.56 bits per heavy atom. The highest BCUT2D eigenvalue weighted by Crippen LogP contribution is 2.25. The van der Waals surface area contributed by atoms with E-state index in [1.165, 1.54) is 0 Å². The van der Waals surface area contributed by atoms with Gasteiger partial charge in [0.15, 0.2) is 0 Å². The summed E-state index contributed by atoms with van der Waals surface area (Å²) in [5.74, 6) is 0.606. The van der Waals surface area contributed by atoms with Crippen LogP contribution in [0.25, 0.3) is 0 Å². The van der Waals surface area contributed by atoms with Gasteiger partial charge in [0.25, 0.3) is 0 Å². The summed E-state index contributed by atoms with van der Waals surface area (Å²) in [5, 5.41) is 0.964. The van der Waals surface area contributed by atoms with E-state index in [-0.39, 0.29) is 0 Å². The zero-order valence-electron chi connectivity index (χ0n) is 10.5. The Morgan fingerprint density at radius 2 is 2.00 bits per heavy atom. The molecule has 0 aromatic heterocycles. The van der Waals surface area contributed by atoms with Crippen LogP contribution in [0.5, 0.6) is 0 Å². The number of piperidine rings is 1. The van der Waals surface area contributed by atoms with Crippen LogP contribution in [0.15, 0.2) is 29.2 Å². The molecule has 0 bridgehead atoms. The van der Waals surface area contributed by atoms with Crippen molar-refractivity contribution >= 4 is 26.0 Å². The molecule has 5 heteroatoms. The van der Waals surface area contributed by atoms with E-state index in [0.29, 0.717) is 23.9 Å². The van der Waals surface area contributed by atoms with Gasteiger partial charge in [0, 0.05) is 18.4 Å². The number of sulfonamides is 1. The zero-order chi connectivity index (χ0) is 13.2. The van der Waals surface area contributed by atoms with Gasteiger partial charge in [-0.3, -0.25) is 0 Å². The first-order valence-electron chi connectivity index (χ1n) is 6.17. The van der Waals surface area contributed by atoms with Gasteiger partial charge in [0.05, 0.1) is 4.90 Å². The van der Waals surface area contributed by atoms with E-state index in [1.807, 2.05) is 13.0 Å². The molecule has 1 aliphatic heterocycles. The predicted molar refractivity (Wildman–Crippen MR) is 76.5 cm³/mol. The molecule has 0 N–H and O–H groups in total. The van der Waals surface area contributed by atoms with Gasteiger partial charge in [-0.15, -0.1) is 0 Å². The molecule has 3 nitrogen and oxygen atoms in total. The van der Waals surface area contributed by atoms with Crippen molar-refractivity contribution in [2.24, 2.45) is 5.92 Å². The summed E-state index contributed by atoms with van der Waals surface area (Å²) in [7, 11) is -3.30. The minimum absolute atomic E-state index is 0.416. The van der Waals surface area contributed by atoms with Crippen molar-refractivity contribution in [1.82, 2.24) is 4.31 Å². The molecule has 1 aromatic carbocycles. The Labute approximate surface area is 117 Å². The highest BCUT2D eigenvalue weighted by molar-refractivity contribution is 9.09. The van der Waals surface area contributed by atoms with Crippen LogP contribution in [0.2, 0.25) is 0 Å². The van der Waals surface area contributed by atoms with E-state index in [9.17, 15) is 8.42 Å². The van der Waals surface area contributed by atoms with Crippen LogP contribution in [0.3, 0.4) is 0 Å². The summed E-state index contributed by atoms with van der Waals surface area (Å²) in [6, 6.07) is 7.13. The molecule has 0 aliphatic carbocycles. The number of nitrogens with zero attached hydrogens (tertiary/aromatic N) is 1. The molecule has 0 spiro atoms. The van der Waals surface area contributed by atoms with Crippen molar-refractivity contribution in [3.05, 3.63) is 29.8 Å². The SMILES string of the molecule is Cc1cccc(S(=O)(=O)N2CCC(CBr)CC2)c1. The van der Waals surface area contributed by atoms with Gasteiger partial charge >= 0.3 is 0 Å². The number of aryl methyl sites for hydroxylation is 1. The Morgan fingerprint density at radius 1 is 1.33 bits per heavy atom. The maximum absolute atomic E-state index is 12.4. The summed E-state index contributed by atoms with van der Waals surface area (Å²) in [6.45, 7) is 3.18. The number of rotatable bonds is 3. The standard InChI is InChI=1S/C13H18BrNO2S/c1-11-3-2-4-13(9-11)18(16,17)15-7-5-12(10-14)6-8-15/h2-4,9,12H,5-8,10H2,1H3. The number of halogens is 1. The van der Waals surface area contributed by atoms with Crippen LogP contribution in [0.1, 0.15) is 18.4 Å². The van der Waals surface area contributed by atoms with E-state index in [4.69, 9.17) is 0 Å². The van der Waals surface area contributed by atoms with Crippen molar-refractivity contribution in [1.29, 1.82) is 0 Å². The van der Waals surface area contributed by atoms with Gasteiger partial charge in [-0.2, -0.15) is 4.31 Å². The Balaban J connectivity index is 2.17. The maximum Gasteiger partial charge on any atom is 0.243 e. The molecule has 1 fully saturated rings. The largest absolute Gasteiger partial charge is 0.243 e. The average molecular weight is 332 g/mol. The molecule has 1 aromatic rings. The fraction of sp³-hybridized carbons (Fsp3) is 0.538. The first-order valence-corrected chi connectivity index (χ1v) is 8.73. The molecule has 1 aliphatic rings. The van der Waals surface area contributed by atoms with Crippen molar-refractivity contribution in [3.63, 3.8) is 0 Å². The zero-order valence-corrected chi connectivity index (χ0v) is 12.9. The smallest absolute Gasteiger partial charge is 0.207 e. The van der Waals surface area contributed by atoms with Crippen molar-refractivity contribution in [2.45, 2.75) is 24.7 Å². The quantitative estimate of drug-likeness (QED) is 0.798. The molecule has 0 radical (unpaired) electrons. The lowest BCUT2D eigenvalue weighted by molar-refractivity contribution is 0.292. The topological polar surface area (TPSA) is 37.4 Å². The Bertz CT molecular complexity index is 507. The average Bonchev–Trinajstić information content (AvgIpc) is 2.39. The predicted octanol–water partition coefficient (Wildman–Crippen LogP) is 2.79. The number of benzene rings is 1. The van der Waals surface area contributed by atoms with E-state index in [2.05, 4.69) is 15.9 Å². The third-order valence-electron chi connectivity index (χ3n) is 3.42. The summed E-state index contributed by atoms with van der Waals surface area (Å²) < 4.78 is 26.5. The van der Waals surface area contributed by atoms with Crippen LogP contribution in [0, 0.1) is 12.8 Å². The molecular formula is C13H18BrNO2S. The summed E-state index contributed by atoms with van der Waals surface area (Å²) in [5.41, 5.74) is 0.978. The second kappa shape index (κ2) is 5.72. The fourth-order valence-electron chi connectivity index (χ4n) is 2.23. The Kier molecular flexibility index (Phi) is 4.45. The molecule has 0 amide bonds. The molecule has 18 heavy (non-hydrogen) atoms. The Hall–Kier alpha value is -0.390. The summed E-state index contributed by atoms with van der Waals surface area (Å²) in [6.07, 6.45) is 1.88. The fourth-order valence-corrected chi connectivity index (χ4v) is 4.45. The van der Waals surface area contributed by atoms with Crippen molar-refractivity contribution in [2.75, 3.05) is 18.4 Å². The highest BCUT2D eigenvalue weighted by atomic mass is 79.9. The van der Waals surface area contributed by atoms with E-state index in [1.54, 1.807) is 22.5 Å². The van der Waals surface area contributed by atoms with Gasteiger partial charge in [-0.25, -0.2) is 8.42 Å². The first-order chi connectivity index (χ1) is 8.54. The highest BCUT2D eigenvalue weighted by Gasteiger charge is 2.28. The number of hydrogen-bond donors (Lipinski definition) is 0. The van der Waals surface area contributed by atoms with E-state index in [0.717, 1.165) is 23.7 Å². The molecule has 1 saturated heterocycles. The second-order valence-corrected chi connectivity index (χ2v) is 7.40. The van der Waals surface area contributed by atoms with Crippen molar-refractivity contribution in [3.8, 4) is 0 Å². The van der Waals surface area contributed by atoms with E-state index >= 15 is 0 Å². The third-order valence-corrected chi connectivity index (χ3v) is 6.23. The second-order valence-electron chi connectivity index (χ2n) is 4.82. The molecule has 100 valence electrons. The lowest BCUT2D eigenvalue weighted by Gasteiger charge is -2.30. The van der Waals surface area contributed by atoms with Crippen molar-refractivity contribution < 1.29 is 8.42 Å². The van der Waals surface area contributed by atoms with Crippen LogP contribution in [-0.4, -0.2) is 31.1 Å². The monoisotopic (exact) mass is 331 g/mol. The normalized spacial score (nSPS) is 19.0. The van der Waals surface area contributed by atoms with Gasteiger partial charge in [-0.05, 0) is 43.4 Å². The lowest BCUT2D eigenvalue weighted by Crippen LogP contribution is -2.38. The summed E-state index contributed by atoms with van der Waals surface area (Å²) in [4.78, 5) is 0.416. The van der Waals surface area contributed by atoms with E-state index < -0.39 is 10.0 Å². The maximum atomic E-state index is 12.4. The molecule has 2 rings (SSSR count). The minimum Gasteiger partial charge on any atom is -0.207 e. The third kappa shape index (κ3) is 2.95. The van der Waals surface area contributed by atoms with Crippen LogP contribution in [0.4, 0.5) is 0 Å². The number of alkyl halides is 1. The van der Waals surface area contributed by atoms with Gasteiger partial charge in [-0.1, -0.05) is 28.1 Å². The molecule has 0 unspecified atom stereocenters. The van der Waals surface area contributed by atoms with Crippen LogP contribution < -0.4 is 0 Å². The summed E-state index contributed by atoms with van der Waals surface area (Å²) >= 11 is 3.47. The van der Waals surface area contributed by atoms with Crippen LogP contribution in [-0.2, 0) is 10.0 Å². The van der Waals surface area contributed by atoms with Crippen LogP contribution >= 0.6 is 15.9 Å². The number of hydrogen-bond acceptors (Lipinski definition) is 2.